The van der Waals surface area contributed by atoms with Crippen molar-refractivity contribution in [2.75, 3.05) is 20.3 Å². The van der Waals surface area contributed by atoms with Crippen LogP contribution >= 0.6 is 0 Å². The maximum absolute atomic E-state index is 12.4. The lowest BCUT2D eigenvalue weighted by Gasteiger charge is -2.08. The summed E-state index contributed by atoms with van der Waals surface area (Å²) in [6.45, 7) is 4.15. The van der Waals surface area contributed by atoms with Crippen LogP contribution in [0.3, 0.4) is 0 Å². The quantitative estimate of drug-likeness (QED) is 0.351. The van der Waals surface area contributed by atoms with Crippen molar-refractivity contribution in [3.63, 3.8) is 0 Å². The van der Waals surface area contributed by atoms with E-state index in [9.17, 15) is 9.59 Å². The highest BCUT2D eigenvalue weighted by molar-refractivity contribution is 5.99. The van der Waals surface area contributed by atoms with Gasteiger partial charge in [-0.3, -0.25) is 9.59 Å². The van der Waals surface area contributed by atoms with E-state index in [4.69, 9.17) is 14.2 Å². The van der Waals surface area contributed by atoms with Crippen LogP contribution in [0.1, 0.15) is 53.5 Å². The second-order valence-electron chi connectivity index (χ2n) is 7.10. The first kappa shape index (κ1) is 20.0. The van der Waals surface area contributed by atoms with E-state index in [1.165, 1.54) is 0 Å². The van der Waals surface area contributed by atoms with Crippen molar-refractivity contribution in [2.45, 2.75) is 45.6 Å². The zero-order chi connectivity index (χ0) is 20.1. The van der Waals surface area contributed by atoms with Crippen LogP contribution in [0.5, 0.6) is 11.5 Å². The Hall–Kier alpha value is -2.76. The van der Waals surface area contributed by atoms with E-state index >= 15 is 0 Å². The van der Waals surface area contributed by atoms with Gasteiger partial charge in [0.05, 0.1) is 13.7 Å². The predicted molar refractivity (Wildman–Crippen MR) is 105 cm³/mol. The summed E-state index contributed by atoms with van der Waals surface area (Å²) in [6.07, 6.45) is 3.06. The fourth-order valence-electron chi connectivity index (χ4n) is 3.33. The molecule has 0 spiro atoms. The normalized spacial score (nSPS) is 13.2. The third-order valence-electron chi connectivity index (χ3n) is 4.91. The highest BCUT2D eigenvalue weighted by Gasteiger charge is 2.28. The number of rotatable bonds is 10. The van der Waals surface area contributed by atoms with E-state index < -0.39 is 0 Å². The number of aryl methyl sites for hydroxylation is 1. The maximum atomic E-state index is 12.4. The summed E-state index contributed by atoms with van der Waals surface area (Å²) >= 11 is 0. The molecule has 0 unspecified atom stereocenters. The lowest BCUT2D eigenvalue weighted by Crippen LogP contribution is -2.15. The highest BCUT2D eigenvalue weighted by atomic mass is 16.5. The van der Waals surface area contributed by atoms with E-state index in [0.29, 0.717) is 24.6 Å². The summed E-state index contributed by atoms with van der Waals surface area (Å²) in [6, 6.07) is 9.67. The van der Waals surface area contributed by atoms with Crippen LogP contribution in [0.15, 0.2) is 30.3 Å². The van der Waals surface area contributed by atoms with Gasteiger partial charge in [-0.1, -0.05) is 0 Å². The van der Waals surface area contributed by atoms with Gasteiger partial charge in [-0.15, -0.1) is 0 Å². The van der Waals surface area contributed by atoms with Gasteiger partial charge in [0.1, 0.15) is 11.5 Å². The lowest BCUT2D eigenvalue weighted by atomic mass is 10.1. The van der Waals surface area contributed by atoms with E-state index in [1.54, 1.807) is 7.11 Å². The maximum Gasteiger partial charge on any atom is 0.306 e. The minimum absolute atomic E-state index is 0.150. The molecule has 0 amide bonds. The number of nitrogens with zero attached hydrogens (tertiary/aromatic N) is 1. The van der Waals surface area contributed by atoms with Crippen molar-refractivity contribution in [1.82, 2.24) is 4.57 Å². The van der Waals surface area contributed by atoms with Crippen LogP contribution < -0.4 is 9.47 Å². The van der Waals surface area contributed by atoms with Crippen molar-refractivity contribution >= 4 is 11.8 Å². The lowest BCUT2D eigenvalue weighted by molar-refractivity contribution is -0.142. The van der Waals surface area contributed by atoms with Crippen LogP contribution in [0.25, 0.3) is 0 Å². The standard InChI is InChI=1S/C22H27NO5/c1-15-13-20(16(2)23(15)17-6-7-17)21(24)14-28-22(25)5-4-12-27-19-10-8-18(26-3)9-11-19/h8-11,13,17H,4-7,12,14H2,1-3H3. The number of ketones is 1. The first-order valence-electron chi connectivity index (χ1n) is 9.63. The first-order chi connectivity index (χ1) is 13.5. The molecule has 1 fully saturated rings. The summed E-state index contributed by atoms with van der Waals surface area (Å²) < 4.78 is 18.0. The Balaban J connectivity index is 1.38. The minimum atomic E-state index is -0.386. The number of aromatic nitrogens is 1. The van der Waals surface area contributed by atoms with Crippen molar-refractivity contribution in [2.24, 2.45) is 0 Å². The number of methoxy groups -OCH3 is 1. The Morgan fingerprint density at radius 3 is 2.43 bits per heavy atom. The summed E-state index contributed by atoms with van der Waals surface area (Å²) in [5, 5.41) is 0. The Labute approximate surface area is 165 Å². The van der Waals surface area contributed by atoms with Gasteiger partial charge in [0.2, 0.25) is 5.78 Å². The molecule has 0 radical (unpaired) electrons. The second kappa shape index (κ2) is 8.95. The summed E-state index contributed by atoms with van der Waals surface area (Å²) in [4.78, 5) is 24.3. The van der Waals surface area contributed by atoms with Gasteiger partial charge in [-0.05, 0) is 63.4 Å². The number of esters is 1. The minimum Gasteiger partial charge on any atom is -0.497 e. The molecule has 2 aromatic rings. The van der Waals surface area contributed by atoms with Crippen molar-refractivity contribution in [3.05, 3.63) is 47.3 Å². The number of Topliss-reactive ketones (excluding diaryl/α,β-unsaturated/α-hetero) is 1. The molecule has 1 aliphatic carbocycles. The summed E-state index contributed by atoms with van der Waals surface area (Å²) in [7, 11) is 1.61. The van der Waals surface area contributed by atoms with Gasteiger partial charge >= 0.3 is 5.97 Å². The van der Waals surface area contributed by atoms with Crippen molar-refractivity contribution in [3.8, 4) is 11.5 Å². The average molecular weight is 385 g/mol. The van der Waals surface area contributed by atoms with Gasteiger partial charge in [-0.25, -0.2) is 0 Å². The van der Waals surface area contributed by atoms with Crippen LogP contribution in [0.2, 0.25) is 0 Å². The molecule has 28 heavy (non-hydrogen) atoms. The number of hydrogen-bond donors (Lipinski definition) is 0. The summed E-state index contributed by atoms with van der Waals surface area (Å²) in [5.41, 5.74) is 2.71. The number of carbonyl (C=O) groups is 2. The third kappa shape index (κ3) is 4.94. The Kier molecular flexibility index (Phi) is 6.39. The molecule has 6 nitrogen and oxygen atoms in total. The average Bonchev–Trinajstić information content (AvgIpc) is 3.48. The van der Waals surface area contributed by atoms with E-state index in [2.05, 4.69) is 4.57 Å². The molecule has 3 rings (SSSR count). The molecule has 1 aliphatic rings. The molecule has 1 aromatic carbocycles. The van der Waals surface area contributed by atoms with Crippen LogP contribution in [0, 0.1) is 13.8 Å². The topological polar surface area (TPSA) is 66.8 Å². The van der Waals surface area contributed by atoms with Gasteiger partial charge in [0, 0.05) is 29.4 Å². The van der Waals surface area contributed by atoms with Crippen molar-refractivity contribution in [1.29, 1.82) is 0 Å². The molecular formula is C22H27NO5. The zero-order valence-corrected chi connectivity index (χ0v) is 16.7. The molecule has 1 heterocycles. The van der Waals surface area contributed by atoms with Gasteiger partial charge in [0.25, 0.3) is 0 Å². The van der Waals surface area contributed by atoms with Gasteiger partial charge < -0.3 is 18.8 Å². The molecule has 1 aromatic heterocycles. The molecule has 0 aliphatic heterocycles. The van der Waals surface area contributed by atoms with E-state index in [-0.39, 0.29) is 24.8 Å². The van der Waals surface area contributed by atoms with Crippen LogP contribution in [-0.2, 0) is 9.53 Å². The Bertz CT molecular complexity index is 833. The fourth-order valence-corrected chi connectivity index (χ4v) is 3.33. The zero-order valence-electron chi connectivity index (χ0n) is 16.7. The second-order valence-corrected chi connectivity index (χ2v) is 7.10. The number of ether oxygens (including phenoxy) is 3. The molecule has 0 N–H and O–H groups in total. The monoisotopic (exact) mass is 385 g/mol. The summed E-state index contributed by atoms with van der Waals surface area (Å²) in [5.74, 6) is 0.944. The number of carbonyl (C=O) groups excluding carboxylic acids is 2. The number of benzene rings is 1. The Morgan fingerprint density at radius 1 is 1.11 bits per heavy atom. The molecule has 0 bridgehead atoms. The van der Waals surface area contributed by atoms with Gasteiger partial charge in [0.15, 0.2) is 6.61 Å². The van der Waals surface area contributed by atoms with Crippen LogP contribution in [-0.4, -0.2) is 36.6 Å². The molecule has 0 atom stereocenters. The molecule has 6 heteroatoms. The van der Waals surface area contributed by atoms with E-state index in [0.717, 1.165) is 35.7 Å². The van der Waals surface area contributed by atoms with E-state index in [1.807, 2.05) is 44.2 Å². The molecule has 0 saturated heterocycles. The van der Waals surface area contributed by atoms with Crippen molar-refractivity contribution < 1.29 is 23.8 Å². The smallest absolute Gasteiger partial charge is 0.306 e. The highest BCUT2D eigenvalue weighted by Crippen LogP contribution is 2.38. The first-order valence-corrected chi connectivity index (χ1v) is 9.63. The van der Waals surface area contributed by atoms with Gasteiger partial charge in [-0.2, -0.15) is 0 Å². The fraction of sp³-hybridized carbons (Fsp3) is 0.455. The largest absolute Gasteiger partial charge is 0.497 e. The van der Waals surface area contributed by atoms with Crippen LogP contribution in [0.4, 0.5) is 0 Å². The predicted octanol–water partition coefficient (Wildman–Crippen LogP) is 4.03. The SMILES string of the molecule is COc1ccc(OCCCC(=O)OCC(=O)c2cc(C)n(C3CC3)c2C)cc1. The molecule has 1 saturated carbocycles. The molecular weight excluding hydrogens is 358 g/mol. The third-order valence-corrected chi connectivity index (χ3v) is 4.91. The Morgan fingerprint density at radius 2 is 1.79 bits per heavy atom. The number of hydrogen-bond acceptors (Lipinski definition) is 5. The molecule has 150 valence electrons.